The fourth-order valence-electron chi connectivity index (χ4n) is 0. The van der Waals surface area contributed by atoms with Gasteiger partial charge in [-0.05, 0) is 11.0 Å². The van der Waals surface area contributed by atoms with Gasteiger partial charge in [0.05, 0.1) is 0 Å². The summed E-state index contributed by atoms with van der Waals surface area (Å²) in [5.41, 5.74) is 0. The molecule has 38 valence electrons. The Morgan fingerprint density at radius 2 is 1.20 bits per heavy atom. The van der Waals surface area contributed by atoms with Crippen LogP contribution in [0.3, 0.4) is 0 Å². The van der Waals surface area contributed by atoms with Gasteiger partial charge in [-0.2, -0.15) is 0 Å². The second kappa shape index (κ2) is 15.8. The molecule has 0 amide bonds. The van der Waals surface area contributed by atoms with Crippen molar-refractivity contribution in [3.8, 4) is 0 Å². The molecule has 0 nitrogen and oxygen atoms in total. The molecule has 0 atom stereocenters. The molecule has 0 aliphatic rings. The molecule has 0 bridgehead atoms. The Balaban J connectivity index is -0.0000000200. The summed E-state index contributed by atoms with van der Waals surface area (Å²) in [7, 11) is 0. The van der Waals surface area contributed by atoms with E-state index in [1.54, 1.807) is 0 Å². The van der Waals surface area contributed by atoms with Gasteiger partial charge in [-0.15, -0.1) is 17.0 Å². The van der Waals surface area contributed by atoms with Crippen LogP contribution in [0.1, 0.15) is 0 Å². The van der Waals surface area contributed by atoms with Gasteiger partial charge in [0.2, 0.25) is 0 Å². The molecule has 0 radical (unpaired) electrons. The van der Waals surface area contributed by atoms with Crippen LogP contribution in [0.5, 0.6) is 0 Å². The topological polar surface area (TPSA) is 0 Å². The molecule has 0 N–H and O–H groups in total. The summed E-state index contributed by atoms with van der Waals surface area (Å²) in [6, 6.07) is 0. The van der Waals surface area contributed by atoms with Gasteiger partial charge in [-0.3, -0.25) is 0 Å². The fourth-order valence-corrected chi connectivity index (χ4v) is 0. The third-order valence-electron chi connectivity index (χ3n) is 0. The van der Waals surface area contributed by atoms with E-state index in [1.807, 2.05) is 0 Å². The first-order valence-corrected chi connectivity index (χ1v) is 12.9. The second-order valence-corrected chi connectivity index (χ2v) is 16.3. The summed E-state index contributed by atoms with van der Waals surface area (Å²) < 4.78 is 0. The third kappa shape index (κ3) is 19.7. The van der Waals surface area contributed by atoms with Gasteiger partial charge < -0.3 is 0 Å². The molecule has 0 aliphatic carbocycles. The van der Waals surface area contributed by atoms with E-state index in [0.29, 0.717) is 13.3 Å². The van der Waals surface area contributed by atoms with Crippen molar-refractivity contribution >= 4 is 65.2 Å². The summed E-state index contributed by atoms with van der Waals surface area (Å²) in [4.78, 5) is 0. The summed E-state index contributed by atoms with van der Waals surface area (Å²) in [6.07, 6.45) is 0. The largest absolute Gasteiger partial charge is 0.0149 e. The zero-order chi connectivity index (χ0) is 2.71. The Hall–Kier alpha value is 2.89. The van der Waals surface area contributed by atoms with Crippen molar-refractivity contribution in [1.82, 2.24) is 0 Å². The molecule has 0 aromatic rings. The Bertz CT molecular complexity index is 6.85. The van der Waals surface area contributed by atoms with Crippen molar-refractivity contribution in [2.24, 2.45) is 0 Å². The molecular weight excluding hydrogens is 489 g/mol. The summed E-state index contributed by atoms with van der Waals surface area (Å²) in [6.45, 7) is 0. The van der Waals surface area contributed by atoms with Crippen LogP contribution in [0.4, 0.5) is 0 Å². The first-order valence-electron chi connectivity index (χ1n) is 0.286. The van der Waals surface area contributed by atoms with Crippen LogP contribution in [-0.4, -0.2) is 11.0 Å². The number of rotatable bonds is 0. The van der Waals surface area contributed by atoms with Crippen molar-refractivity contribution in [1.29, 1.82) is 0 Å². The minimum atomic E-state index is 0. The Kier molecular flexibility index (Phi) is 49.5. The minimum absolute atomic E-state index is 0. The summed E-state index contributed by atoms with van der Waals surface area (Å²) in [5, 5.41) is 0. The zero-order valence-electron chi connectivity index (χ0n) is 1.54. The number of hydrogen-bond acceptors (Lipinski definition) is 0. The smallest absolute Gasteiger partial charge is 0.0149 e. The number of halogens is 4. The van der Waals surface area contributed by atoms with E-state index >= 15 is 0 Å². The van der Waals surface area contributed by atoms with Gasteiger partial charge >= 0.3 is 50.5 Å². The molecule has 0 unspecified atom stereocenters. The molecule has 0 saturated carbocycles. The second-order valence-electron chi connectivity index (χ2n) is 0.0540. The van der Waals surface area contributed by atoms with Crippen molar-refractivity contribution in [2.75, 3.05) is 0 Å². The van der Waals surface area contributed by atoms with Gasteiger partial charge in [-0.1, -0.05) is 0 Å². The average molecular weight is 494 g/mol. The van der Waals surface area contributed by atoms with Gasteiger partial charge in [0, 0.05) is 0 Å². The maximum atomic E-state index is 2.39. The van der Waals surface area contributed by atoms with Gasteiger partial charge in [0.25, 0.3) is 0 Å². The molecule has 0 rings (SSSR count). The molecule has 0 aromatic carbocycles. The van der Waals surface area contributed by atoms with Crippen LogP contribution in [0.25, 0.3) is 0 Å². The first kappa shape index (κ1) is 15.7. The van der Waals surface area contributed by atoms with E-state index < -0.39 is 0 Å². The molecule has 0 aromatic heterocycles. The number of hydrogen-bond donors (Lipinski definition) is 0. The predicted molar refractivity (Wildman–Crippen MR) is 49.7 cm³/mol. The molecule has 0 heterocycles. The normalized spacial score (nSPS) is 4.40. The van der Waals surface area contributed by atoms with Crippen molar-refractivity contribution < 1.29 is 13.3 Å². The monoisotopic (exact) mass is 493 g/mol. The minimum Gasteiger partial charge on any atom is -0.0149 e. The van der Waals surface area contributed by atoms with Crippen LogP contribution in [-0.2, 0) is 0 Å². The molecule has 5 heteroatoms. The van der Waals surface area contributed by atoms with Crippen molar-refractivity contribution in [3.05, 3.63) is 0 Å². The Morgan fingerprint density at radius 3 is 1.20 bits per heavy atom. The third-order valence-corrected chi connectivity index (χ3v) is 0. The van der Waals surface area contributed by atoms with E-state index in [1.165, 1.54) is 0 Å². The molecule has 0 spiro atoms. The van der Waals surface area contributed by atoms with Gasteiger partial charge in [-0.25, -0.2) is 0 Å². The average Bonchev–Trinajstić information content (AvgIpc) is 0.918. The van der Waals surface area contributed by atoms with E-state index in [4.69, 9.17) is 0 Å². The molecule has 5 heavy (non-hydrogen) atoms. The van der Waals surface area contributed by atoms with Gasteiger partial charge in [0.15, 0.2) is 0 Å². The maximum absolute atomic E-state index is 2.39. The summed E-state index contributed by atoms with van der Waals surface area (Å²) in [5.74, 6) is 0. The molecule has 0 saturated heterocycles. The van der Waals surface area contributed by atoms with E-state index in [0.717, 1.165) is 0 Å². The molecular formula is H5BrI3Si-. The molecule has 0 aliphatic heterocycles. The van der Waals surface area contributed by atoms with Crippen LogP contribution in [0.2, 0.25) is 0 Å². The van der Waals surface area contributed by atoms with E-state index in [2.05, 4.69) is 37.2 Å². The maximum Gasteiger partial charge on any atom is -0.0149 e. The quantitative estimate of drug-likeness (QED) is 0.268. The predicted octanol–water partition coefficient (Wildman–Crippen LogP) is -2.10. The first-order chi connectivity index (χ1) is 1.41. The Morgan fingerprint density at radius 1 is 1.20 bits per heavy atom. The summed E-state index contributed by atoms with van der Waals surface area (Å²) >= 11 is 5.30. The van der Waals surface area contributed by atoms with E-state index in [9.17, 15) is 0 Å². The van der Waals surface area contributed by atoms with E-state index in [-0.39, 0.29) is 27.9 Å². The van der Waals surface area contributed by atoms with Crippen LogP contribution >= 0.6 is 54.2 Å². The van der Waals surface area contributed by atoms with Crippen LogP contribution in [0.15, 0.2) is 0 Å². The van der Waals surface area contributed by atoms with Crippen molar-refractivity contribution in [2.45, 2.75) is 0 Å². The zero-order valence-corrected chi connectivity index (χ0v) is 9.73. The molecule has 0 fully saturated rings. The van der Waals surface area contributed by atoms with Crippen molar-refractivity contribution in [3.63, 3.8) is 0 Å². The fraction of sp³-hybridized carbons (Fsp3) is 0. The Labute approximate surface area is 76.6 Å². The SMILES string of the molecule is Br.I[I-]I.[SiH4]. The van der Waals surface area contributed by atoms with Crippen LogP contribution < -0.4 is 13.3 Å². The standard InChI is InChI=1S/BrH.I3.H4Si/c;1-3-2;/h1H;;1H4/q;-1;. The van der Waals surface area contributed by atoms with Gasteiger partial charge in [0.1, 0.15) is 0 Å². The van der Waals surface area contributed by atoms with Crippen LogP contribution in [0, 0.1) is 0 Å².